The standard InChI is InChI=1S/C23H28N4O2/c1-26-21-11-8-18(24-23(28)17-6-9-19(29-2)10-7-17)16-20(21)25-22(26)12-15-27-13-4-3-5-14-27/h6-11,16H,3-5,12-15H2,1-2H3,(H,24,28). The van der Waals surface area contributed by atoms with Crippen LogP contribution in [-0.2, 0) is 13.5 Å². The van der Waals surface area contributed by atoms with Crippen LogP contribution in [0.3, 0.4) is 0 Å². The number of benzene rings is 2. The van der Waals surface area contributed by atoms with Crippen molar-refractivity contribution < 1.29 is 9.53 Å². The van der Waals surface area contributed by atoms with Gasteiger partial charge in [-0.05, 0) is 68.4 Å². The van der Waals surface area contributed by atoms with Crippen LogP contribution in [0.25, 0.3) is 11.0 Å². The molecule has 1 fully saturated rings. The van der Waals surface area contributed by atoms with Crippen LogP contribution >= 0.6 is 0 Å². The maximum Gasteiger partial charge on any atom is 0.255 e. The average Bonchev–Trinajstić information content (AvgIpc) is 3.08. The molecule has 0 bridgehead atoms. The van der Waals surface area contributed by atoms with E-state index in [4.69, 9.17) is 9.72 Å². The smallest absolute Gasteiger partial charge is 0.255 e. The number of hydrogen-bond donors (Lipinski definition) is 1. The largest absolute Gasteiger partial charge is 0.497 e. The lowest BCUT2D eigenvalue weighted by atomic mass is 10.1. The molecule has 29 heavy (non-hydrogen) atoms. The van der Waals surface area contributed by atoms with Crippen molar-refractivity contribution in [3.05, 3.63) is 53.9 Å². The quantitative estimate of drug-likeness (QED) is 0.692. The minimum Gasteiger partial charge on any atom is -0.497 e. The van der Waals surface area contributed by atoms with Gasteiger partial charge >= 0.3 is 0 Å². The molecule has 0 unspecified atom stereocenters. The SMILES string of the molecule is COc1ccc(C(=O)Nc2ccc3c(c2)nc(CCN2CCCCC2)n3C)cc1. The number of hydrogen-bond acceptors (Lipinski definition) is 4. The fourth-order valence-corrected chi connectivity index (χ4v) is 3.94. The van der Waals surface area contributed by atoms with Crippen molar-refractivity contribution in [2.75, 3.05) is 32.1 Å². The Morgan fingerprint density at radius 3 is 2.59 bits per heavy atom. The van der Waals surface area contributed by atoms with Crippen LogP contribution in [0.1, 0.15) is 35.4 Å². The Morgan fingerprint density at radius 1 is 1.10 bits per heavy atom. The van der Waals surface area contributed by atoms with Gasteiger partial charge in [-0.2, -0.15) is 0 Å². The second-order valence-corrected chi connectivity index (χ2v) is 7.63. The van der Waals surface area contributed by atoms with Gasteiger partial charge in [0.2, 0.25) is 0 Å². The summed E-state index contributed by atoms with van der Waals surface area (Å²) in [5.41, 5.74) is 3.34. The molecule has 3 aromatic rings. The van der Waals surface area contributed by atoms with Gasteiger partial charge in [-0.1, -0.05) is 6.42 Å². The summed E-state index contributed by atoms with van der Waals surface area (Å²) in [6.45, 7) is 3.45. The molecular weight excluding hydrogens is 364 g/mol. The van der Waals surface area contributed by atoms with E-state index < -0.39 is 0 Å². The number of methoxy groups -OCH3 is 1. The van der Waals surface area contributed by atoms with Gasteiger partial charge < -0.3 is 19.5 Å². The Hall–Kier alpha value is -2.86. The Labute approximate surface area is 171 Å². The lowest BCUT2D eigenvalue weighted by Crippen LogP contribution is -2.31. The predicted octanol–water partition coefficient (Wildman–Crippen LogP) is 3.86. The molecule has 0 radical (unpaired) electrons. The number of rotatable bonds is 6. The highest BCUT2D eigenvalue weighted by atomic mass is 16.5. The van der Waals surface area contributed by atoms with Crippen LogP contribution in [0.15, 0.2) is 42.5 Å². The van der Waals surface area contributed by atoms with Gasteiger partial charge in [0.25, 0.3) is 5.91 Å². The molecule has 1 amide bonds. The molecule has 6 nitrogen and oxygen atoms in total. The summed E-state index contributed by atoms with van der Waals surface area (Å²) in [5, 5.41) is 2.96. The lowest BCUT2D eigenvalue weighted by molar-refractivity contribution is 0.102. The second-order valence-electron chi connectivity index (χ2n) is 7.63. The minimum absolute atomic E-state index is 0.145. The highest BCUT2D eigenvalue weighted by Crippen LogP contribution is 2.21. The van der Waals surface area contributed by atoms with Crippen LogP contribution < -0.4 is 10.1 Å². The van der Waals surface area contributed by atoms with E-state index in [2.05, 4.69) is 21.8 Å². The summed E-state index contributed by atoms with van der Waals surface area (Å²) in [7, 11) is 3.68. The predicted molar refractivity (Wildman–Crippen MR) is 116 cm³/mol. The molecule has 1 aromatic heterocycles. The summed E-state index contributed by atoms with van der Waals surface area (Å²) < 4.78 is 7.30. The van der Waals surface area contributed by atoms with E-state index in [0.717, 1.165) is 41.3 Å². The number of piperidine rings is 1. The Morgan fingerprint density at radius 2 is 1.86 bits per heavy atom. The van der Waals surface area contributed by atoms with Crippen molar-refractivity contribution in [3.63, 3.8) is 0 Å². The van der Waals surface area contributed by atoms with E-state index in [1.165, 1.54) is 32.4 Å². The molecule has 4 rings (SSSR count). The number of aromatic nitrogens is 2. The molecule has 1 aliphatic rings. The van der Waals surface area contributed by atoms with Crippen LogP contribution in [0.2, 0.25) is 0 Å². The van der Waals surface area contributed by atoms with E-state index in [-0.39, 0.29) is 5.91 Å². The molecule has 2 heterocycles. The molecule has 0 saturated carbocycles. The summed E-state index contributed by atoms with van der Waals surface area (Å²) in [4.78, 5) is 19.9. The number of anilines is 1. The van der Waals surface area contributed by atoms with Crippen molar-refractivity contribution in [3.8, 4) is 5.75 Å². The van der Waals surface area contributed by atoms with Gasteiger partial charge in [-0.25, -0.2) is 4.98 Å². The number of fused-ring (bicyclic) bond motifs is 1. The summed E-state index contributed by atoms with van der Waals surface area (Å²) in [6.07, 6.45) is 4.91. The summed E-state index contributed by atoms with van der Waals surface area (Å²) >= 11 is 0. The molecule has 0 atom stereocenters. The first-order chi connectivity index (χ1) is 14.1. The van der Waals surface area contributed by atoms with Crippen molar-refractivity contribution in [2.24, 2.45) is 7.05 Å². The first-order valence-electron chi connectivity index (χ1n) is 10.3. The first kappa shape index (κ1) is 19.5. The van der Waals surface area contributed by atoms with E-state index in [0.29, 0.717) is 5.56 Å². The monoisotopic (exact) mass is 392 g/mol. The molecule has 1 saturated heterocycles. The van der Waals surface area contributed by atoms with Crippen molar-refractivity contribution in [2.45, 2.75) is 25.7 Å². The number of nitrogens with zero attached hydrogens (tertiary/aromatic N) is 3. The van der Waals surface area contributed by atoms with Crippen LogP contribution in [-0.4, -0.2) is 47.1 Å². The highest BCUT2D eigenvalue weighted by Gasteiger charge is 2.14. The number of carbonyl (C=O) groups is 1. The molecule has 1 N–H and O–H groups in total. The van der Waals surface area contributed by atoms with Crippen LogP contribution in [0.5, 0.6) is 5.75 Å². The number of imidazole rings is 1. The molecule has 152 valence electrons. The van der Waals surface area contributed by atoms with Crippen molar-refractivity contribution >= 4 is 22.6 Å². The van der Waals surface area contributed by atoms with E-state index in [9.17, 15) is 4.79 Å². The molecule has 6 heteroatoms. The zero-order valence-corrected chi connectivity index (χ0v) is 17.1. The van der Waals surface area contributed by atoms with Gasteiger partial charge in [-0.15, -0.1) is 0 Å². The maximum absolute atomic E-state index is 12.5. The second kappa shape index (κ2) is 8.66. The maximum atomic E-state index is 12.5. The van der Waals surface area contributed by atoms with Crippen molar-refractivity contribution in [1.29, 1.82) is 0 Å². The number of aryl methyl sites for hydroxylation is 1. The summed E-state index contributed by atoms with van der Waals surface area (Å²) in [6, 6.07) is 13.0. The molecular formula is C23H28N4O2. The third-order valence-electron chi connectivity index (χ3n) is 5.68. The summed E-state index contributed by atoms with van der Waals surface area (Å²) in [5.74, 6) is 1.67. The molecule has 2 aromatic carbocycles. The number of likely N-dealkylation sites (tertiary alicyclic amines) is 1. The van der Waals surface area contributed by atoms with E-state index in [1.54, 1.807) is 31.4 Å². The van der Waals surface area contributed by atoms with Gasteiger partial charge in [0, 0.05) is 31.3 Å². The average molecular weight is 393 g/mol. The number of ether oxygens (including phenoxy) is 1. The minimum atomic E-state index is -0.145. The van der Waals surface area contributed by atoms with E-state index >= 15 is 0 Å². The van der Waals surface area contributed by atoms with Crippen LogP contribution in [0, 0.1) is 0 Å². The first-order valence-corrected chi connectivity index (χ1v) is 10.3. The van der Waals surface area contributed by atoms with Crippen molar-refractivity contribution in [1.82, 2.24) is 14.5 Å². The fraction of sp³-hybridized carbons (Fsp3) is 0.391. The fourth-order valence-electron chi connectivity index (χ4n) is 3.94. The van der Waals surface area contributed by atoms with E-state index in [1.807, 2.05) is 18.2 Å². The third kappa shape index (κ3) is 4.43. The zero-order chi connectivity index (χ0) is 20.2. The van der Waals surface area contributed by atoms with Gasteiger partial charge in [0.15, 0.2) is 0 Å². The van der Waals surface area contributed by atoms with Gasteiger partial charge in [-0.3, -0.25) is 4.79 Å². The molecule has 0 aliphatic carbocycles. The molecule has 0 spiro atoms. The topological polar surface area (TPSA) is 59.4 Å². The lowest BCUT2D eigenvalue weighted by Gasteiger charge is -2.26. The number of carbonyl (C=O) groups excluding carboxylic acids is 1. The van der Waals surface area contributed by atoms with Gasteiger partial charge in [0.1, 0.15) is 11.6 Å². The zero-order valence-electron chi connectivity index (χ0n) is 17.1. The normalized spacial score (nSPS) is 14.8. The number of amides is 1. The molecule has 1 aliphatic heterocycles. The third-order valence-corrected chi connectivity index (χ3v) is 5.68. The van der Waals surface area contributed by atoms with Crippen LogP contribution in [0.4, 0.5) is 5.69 Å². The highest BCUT2D eigenvalue weighted by molar-refractivity contribution is 6.05. The Balaban J connectivity index is 1.46. The van der Waals surface area contributed by atoms with Gasteiger partial charge in [0.05, 0.1) is 18.1 Å². The Kier molecular flexibility index (Phi) is 5.81. The number of nitrogens with one attached hydrogen (secondary N) is 1. The Bertz CT molecular complexity index is 988.